The molecule has 2 nitrogen and oxygen atoms in total. The maximum Gasteiger partial charge on any atom is 0.251 e. The predicted molar refractivity (Wildman–Crippen MR) is 92.1 cm³/mol. The lowest BCUT2D eigenvalue weighted by Crippen LogP contribution is -2.30. The Hall–Kier alpha value is -2.07. The number of benzene rings is 2. The van der Waals surface area contributed by atoms with Crippen molar-refractivity contribution >= 4 is 24.1 Å². The second-order valence-electron chi connectivity index (χ2n) is 4.91. The lowest BCUT2D eigenvalue weighted by atomic mass is 9.98. The molecule has 4 heteroatoms. The molecule has 2 aromatic carbocycles. The van der Waals surface area contributed by atoms with E-state index in [1.54, 1.807) is 12.1 Å². The van der Waals surface area contributed by atoms with Crippen molar-refractivity contribution < 1.29 is 9.18 Å². The predicted octanol–water partition coefficient (Wildman–Crippen LogP) is 3.75. The molecule has 0 aliphatic carbocycles. The van der Waals surface area contributed by atoms with Gasteiger partial charge in [-0.3, -0.25) is 4.79 Å². The van der Waals surface area contributed by atoms with Gasteiger partial charge in [0.15, 0.2) is 0 Å². The number of thiol groups is 1. The van der Waals surface area contributed by atoms with E-state index in [0.717, 1.165) is 16.7 Å². The molecule has 0 aromatic heterocycles. The second-order valence-corrected chi connectivity index (χ2v) is 5.28. The summed E-state index contributed by atoms with van der Waals surface area (Å²) in [6, 6.07) is 17.0. The number of hydrogen-bond acceptors (Lipinski definition) is 2. The third-order valence-electron chi connectivity index (χ3n) is 3.30. The first-order valence-corrected chi connectivity index (χ1v) is 7.63. The summed E-state index contributed by atoms with van der Waals surface area (Å²) in [6.45, 7) is 4.05. The molecule has 1 amide bonds. The van der Waals surface area contributed by atoms with Gasteiger partial charge in [-0.1, -0.05) is 49.0 Å². The molecular formula is C18H18FNOS. The van der Waals surface area contributed by atoms with Crippen LogP contribution in [0.2, 0.25) is 0 Å². The highest BCUT2D eigenvalue weighted by Gasteiger charge is 2.09. The summed E-state index contributed by atoms with van der Waals surface area (Å²) in [5.74, 6) is -0.197. The van der Waals surface area contributed by atoms with E-state index in [9.17, 15) is 9.18 Å². The van der Waals surface area contributed by atoms with Crippen LogP contribution in [0.1, 0.15) is 21.5 Å². The number of nitrogens with one attached hydrogen (secondary N) is 1. The van der Waals surface area contributed by atoms with Crippen LogP contribution in [-0.4, -0.2) is 24.4 Å². The zero-order valence-electron chi connectivity index (χ0n) is 12.1. The molecule has 0 spiro atoms. The van der Waals surface area contributed by atoms with Crippen molar-refractivity contribution in [1.82, 2.24) is 5.32 Å². The average molecular weight is 315 g/mol. The quantitative estimate of drug-likeness (QED) is 0.781. The molecule has 1 N–H and O–H groups in total. The summed E-state index contributed by atoms with van der Waals surface area (Å²) < 4.78 is 13.1. The second kappa shape index (κ2) is 7.80. The fourth-order valence-electron chi connectivity index (χ4n) is 2.00. The number of amides is 1. The van der Waals surface area contributed by atoms with Crippen molar-refractivity contribution in [3.05, 3.63) is 77.9 Å². The van der Waals surface area contributed by atoms with E-state index in [1.807, 2.05) is 42.5 Å². The van der Waals surface area contributed by atoms with Crippen LogP contribution < -0.4 is 5.32 Å². The fraction of sp³-hybridized carbons (Fsp3) is 0.167. The van der Waals surface area contributed by atoms with Crippen LogP contribution in [0, 0.1) is 0 Å². The van der Waals surface area contributed by atoms with Crippen LogP contribution >= 0.6 is 12.6 Å². The summed E-state index contributed by atoms with van der Waals surface area (Å²) in [4.78, 5) is 11.9. The molecule has 0 saturated carbocycles. The molecule has 0 fully saturated rings. The first-order chi connectivity index (χ1) is 10.6. The molecule has 0 bridgehead atoms. The van der Waals surface area contributed by atoms with E-state index in [1.165, 1.54) is 0 Å². The van der Waals surface area contributed by atoms with Gasteiger partial charge in [0, 0.05) is 17.9 Å². The normalized spacial score (nSPS) is 11.7. The van der Waals surface area contributed by atoms with Gasteiger partial charge in [-0.2, -0.15) is 12.6 Å². The SMILES string of the molecule is C=C(c1ccccc1)c1ccc(C(=O)NCC(F)CS)cc1. The lowest BCUT2D eigenvalue weighted by Gasteiger charge is -2.09. The molecule has 0 saturated heterocycles. The van der Waals surface area contributed by atoms with Gasteiger partial charge in [-0.05, 0) is 28.8 Å². The van der Waals surface area contributed by atoms with Crippen molar-refractivity contribution in [1.29, 1.82) is 0 Å². The average Bonchev–Trinajstić information content (AvgIpc) is 2.59. The number of rotatable bonds is 6. The smallest absolute Gasteiger partial charge is 0.251 e. The van der Waals surface area contributed by atoms with E-state index >= 15 is 0 Å². The zero-order valence-corrected chi connectivity index (χ0v) is 13.0. The van der Waals surface area contributed by atoms with Gasteiger partial charge in [0.1, 0.15) is 6.17 Å². The van der Waals surface area contributed by atoms with Gasteiger partial charge < -0.3 is 5.32 Å². The van der Waals surface area contributed by atoms with Crippen LogP contribution in [0.5, 0.6) is 0 Å². The van der Waals surface area contributed by atoms with Gasteiger partial charge in [0.05, 0.1) is 0 Å². The Morgan fingerprint density at radius 1 is 1.05 bits per heavy atom. The summed E-state index contributed by atoms with van der Waals surface area (Å²) in [6.07, 6.45) is -1.13. The van der Waals surface area contributed by atoms with Gasteiger partial charge in [-0.15, -0.1) is 0 Å². The van der Waals surface area contributed by atoms with Crippen LogP contribution in [0.15, 0.2) is 61.2 Å². The van der Waals surface area contributed by atoms with E-state index in [-0.39, 0.29) is 18.2 Å². The van der Waals surface area contributed by atoms with Gasteiger partial charge in [0.25, 0.3) is 5.91 Å². The molecule has 0 aliphatic rings. The Balaban J connectivity index is 2.04. The van der Waals surface area contributed by atoms with E-state index in [0.29, 0.717) is 5.56 Å². The zero-order chi connectivity index (χ0) is 15.9. The van der Waals surface area contributed by atoms with Crippen molar-refractivity contribution in [2.24, 2.45) is 0 Å². The first kappa shape index (κ1) is 16.3. The lowest BCUT2D eigenvalue weighted by molar-refractivity contribution is 0.0944. The summed E-state index contributed by atoms with van der Waals surface area (Å²) in [7, 11) is 0. The summed E-state index contributed by atoms with van der Waals surface area (Å²) in [5.41, 5.74) is 3.37. The van der Waals surface area contributed by atoms with Crippen molar-refractivity contribution in [3.8, 4) is 0 Å². The molecule has 0 heterocycles. The van der Waals surface area contributed by atoms with Crippen molar-refractivity contribution in [2.75, 3.05) is 12.3 Å². The van der Waals surface area contributed by atoms with Gasteiger partial charge >= 0.3 is 0 Å². The summed E-state index contributed by atoms with van der Waals surface area (Å²) >= 11 is 3.84. The third-order valence-corrected chi connectivity index (χ3v) is 3.70. The maximum atomic E-state index is 13.1. The molecule has 0 aliphatic heterocycles. The van der Waals surface area contributed by atoms with Crippen LogP contribution in [-0.2, 0) is 0 Å². The highest BCUT2D eigenvalue weighted by Crippen LogP contribution is 2.21. The standard InChI is InChI=1S/C18H18FNOS/c1-13(14-5-3-2-4-6-14)15-7-9-16(10-8-15)18(21)20-11-17(19)12-22/h2-10,17,22H,1,11-12H2,(H,20,21). The number of carbonyl (C=O) groups is 1. The van der Waals surface area contributed by atoms with E-state index in [2.05, 4.69) is 24.5 Å². The van der Waals surface area contributed by atoms with Gasteiger partial charge in [-0.25, -0.2) is 4.39 Å². The van der Waals surface area contributed by atoms with E-state index < -0.39 is 6.17 Å². The van der Waals surface area contributed by atoms with Crippen LogP contribution in [0.4, 0.5) is 4.39 Å². The molecule has 1 unspecified atom stereocenters. The largest absolute Gasteiger partial charge is 0.349 e. The highest BCUT2D eigenvalue weighted by molar-refractivity contribution is 7.80. The number of halogens is 1. The topological polar surface area (TPSA) is 29.1 Å². The number of hydrogen-bond donors (Lipinski definition) is 2. The molecular weight excluding hydrogens is 297 g/mol. The van der Waals surface area contributed by atoms with Crippen LogP contribution in [0.25, 0.3) is 5.57 Å². The van der Waals surface area contributed by atoms with Crippen LogP contribution in [0.3, 0.4) is 0 Å². The van der Waals surface area contributed by atoms with Crippen molar-refractivity contribution in [2.45, 2.75) is 6.17 Å². The Kier molecular flexibility index (Phi) is 5.78. The minimum atomic E-state index is -1.13. The number of alkyl halides is 1. The molecule has 22 heavy (non-hydrogen) atoms. The molecule has 2 aromatic rings. The maximum absolute atomic E-state index is 13.1. The first-order valence-electron chi connectivity index (χ1n) is 6.99. The third kappa shape index (κ3) is 4.21. The Morgan fingerprint density at radius 2 is 1.59 bits per heavy atom. The molecule has 0 radical (unpaired) electrons. The molecule has 1 atom stereocenters. The minimum Gasteiger partial charge on any atom is -0.349 e. The number of carbonyl (C=O) groups excluding carboxylic acids is 1. The van der Waals surface area contributed by atoms with E-state index in [4.69, 9.17) is 0 Å². The van der Waals surface area contributed by atoms with Crippen molar-refractivity contribution in [3.63, 3.8) is 0 Å². The van der Waals surface area contributed by atoms with Gasteiger partial charge in [0.2, 0.25) is 0 Å². The Bertz CT molecular complexity index is 640. The summed E-state index contributed by atoms with van der Waals surface area (Å²) in [5, 5.41) is 2.54. The fourth-order valence-corrected chi connectivity index (χ4v) is 2.13. The Labute approximate surface area is 135 Å². The monoisotopic (exact) mass is 315 g/mol. The minimum absolute atomic E-state index is 0.0270. The highest BCUT2D eigenvalue weighted by atomic mass is 32.1. The Morgan fingerprint density at radius 3 is 2.18 bits per heavy atom. The molecule has 2 rings (SSSR count). The molecule has 114 valence electrons.